The van der Waals surface area contributed by atoms with Crippen LogP contribution < -0.4 is 5.84 Å². The number of rotatable bonds is 0. The first-order valence-electron chi connectivity index (χ1n) is 2.58. The van der Waals surface area contributed by atoms with E-state index in [1.165, 1.54) is 4.68 Å². The Morgan fingerprint density at radius 3 is 2.67 bits per heavy atom. The lowest BCUT2D eigenvalue weighted by Crippen LogP contribution is -2.07. The fourth-order valence-corrected chi connectivity index (χ4v) is 0.706. The standard InChI is InChI=1S/C6H7N3/c1-5-2-6(3-7)9(8)4-5/h2,4H,8H2,1H3. The molecule has 0 aliphatic carbocycles. The van der Waals surface area contributed by atoms with Crippen molar-refractivity contribution < 1.29 is 0 Å². The van der Waals surface area contributed by atoms with E-state index in [2.05, 4.69) is 0 Å². The lowest BCUT2D eigenvalue weighted by Gasteiger charge is -1.88. The van der Waals surface area contributed by atoms with Crippen LogP contribution in [0.1, 0.15) is 11.3 Å². The maximum Gasteiger partial charge on any atom is 0.139 e. The van der Waals surface area contributed by atoms with Crippen LogP contribution in [-0.2, 0) is 0 Å². The van der Waals surface area contributed by atoms with Crippen LogP contribution in [0.25, 0.3) is 0 Å². The third-order valence-corrected chi connectivity index (χ3v) is 1.10. The molecule has 0 bridgehead atoms. The van der Waals surface area contributed by atoms with E-state index in [4.69, 9.17) is 11.1 Å². The van der Waals surface area contributed by atoms with Gasteiger partial charge in [-0.3, -0.25) is 4.68 Å². The van der Waals surface area contributed by atoms with Crippen LogP contribution in [0, 0.1) is 18.3 Å². The van der Waals surface area contributed by atoms with Gasteiger partial charge in [-0.1, -0.05) is 0 Å². The summed E-state index contributed by atoms with van der Waals surface area (Å²) in [4.78, 5) is 0. The summed E-state index contributed by atoms with van der Waals surface area (Å²) >= 11 is 0. The van der Waals surface area contributed by atoms with Gasteiger partial charge in [0, 0.05) is 6.20 Å². The van der Waals surface area contributed by atoms with Crippen molar-refractivity contribution in [3.63, 3.8) is 0 Å². The van der Waals surface area contributed by atoms with E-state index in [0.717, 1.165) is 5.56 Å². The van der Waals surface area contributed by atoms with Crippen LogP contribution >= 0.6 is 0 Å². The number of aryl methyl sites for hydroxylation is 1. The Morgan fingerprint density at radius 1 is 1.78 bits per heavy atom. The zero-order valence-corrected chi connectivity index (χ0v) is 5.13. The van der Waals surface area contributed by atoms with Crippen molar-refractivity contribution in [2.75, 3.05) is 5.84 Å². The average Bonchev–Trinajstić information content (AvgIpc) is 2.10. The van der Waals surface area contributed by atoms with Gasteiger partial charge in [-0.15, -0.1) is 0 Å². The van der Waals surface area contributed by atoms with E-state index < -0.39 is 0 Å². The smallest absolute Gasteiger partial charge is 0.139 e. The van der Waals surface area contributed by atoms with Gasteiger partial charge in [0.15, 0.2) is 0 Å². The number of nitrogens with two attached hydrogens (primary N) is 1. The SMILES string of the molecule is Cc1cc(C#N)n(N)c1. The normalized spacial score (nSPS) is 8.89. The molecule has 0 spiro atoms. The minimum Gasteiger partial charge on any atom is -0.338 e. The molecule has 0 unspecified atom stereocenters. The van der Waals surface area contributed by atoms with Gasteiger partial charge in [-0.2, -0.15) is 5.26 Å². The molecule has 2 N–H and O–H groups in total. The summed E-state index contributed by atoms with van der Waals surface area (Å²) in [6.45, 7) is 1.89. The Balaban J connectivity index is 3.20. The van der Waals surface area contributed by atoms with Crippen molar-refractivity contribution >= 4 is 0 Å². The molecular weight excluding hydrogens is 114 g/mol. The third-order valence-electron chi connectivity index (χ3n) is 1.10. The van der Waals surface area contributed by atoms with Gasteiger partial charge in [0.2, 0.25) is 0 Å². The fourth-order valence-electron chi connectivity index (χ4n) is 0.706. The number of aromatic nitrogens is 1. The molecule has 0 amide bonds. The number of hydrogen-bond acceptors (Lipinski definition) is 2. The summed E-state index contributed by atoms with van der Waals surface area (Å²) in [6, 6.07) is 3.69. The Morgan fingerprint density at radius 2 is 2.44 bits per heavy atom. The molecule has 46 valence electrons. The first-order chi connectivity index (χ1) is 4.24. The summed E-state index contributed by atoms with van der Waals surface area (Å²) in [7, 11) is 0. The number of hydrogen-bond donors (Lipinski definition) is 1. The molecular formula is C6H7N3. The van der Waals surface area contributed by atoms with Gasteiger partial charge in [0.25, 0.3) is 0 Å². The Kier molecular flexibility index (Phi) is 1.16. The van der Waals surface area contributed by atoms with Gasteiger partial charge in [0.05, 0.1) is 0 Å². The first-order valence-corrected chi connectivity index (χ1v) is 2.58. The van der Waals surface area contributed by atoms with Crippen LogP contribution in [-0.4, -0.2) is 4.68 Å². The van der Waals surface area contributed by atoms with E-state index in [-0.39, 0.29) is 0 Å². The van der Waals surface area contributed by atoms with E-state index in [1.807, 2.05) is 13.0 Å². The predicted molar refractivity (Wildman–Crippen MR) is 34.0 cm³/mol. The highest BCUT2D eigenvalue weighted by atomic mass is 15.3. The highest BCUT2D eigenvalue weighted by Crippen LogP contribution is 2.00. The number of nitrogen functional groups attached to an aromatic ring is 1. The van der Waals surface area contributed by atoms with Crippen molar-refractivity contribution in [3.8, 4) is 6.07 Å². The van der Waals surface area contributed by atoms with Crippen LogP contribution in [0.4, 0.5) is 0 Å². The molecule has 1 aromatic heterocycles. The topological polar surface area (TPSA) is 54.7 Å². The van der Waals surface area contributed by atoms with Crippen molar-refractivity contribution in [2.24, 2.45) is 0 Å². The van der Waals surface area contributed by atoms with Gasteiger partial charge >= 0.3 is 0 Å². The van der Waals surface area contributed by atoms with E-state index >= 15 is 0 Å². The largest absolute Gasteiger partial charge is 0.338 e. The molecule has 0 atom stereocenters. The Hall–Kier alpha value is -1.43. The van der Waals surface area contributed by atoms with Crippen LogP contribution in [0.2, 0.25) is 0 Å². The van der Waals surface area contributed by atoms with Crippen LogP contribution in [0.3, 0.4) is 0 Å². The number of nitrogens with zero attached hydrogens (tertiary/aromatic N) is 2. The van der Waals surface area contributed by atoms with Crippen LogP contribution in [0.15, 0.2) is 12.3 Å². The summed E-state index contributed by atoms with van der Waals surface area (Å²) in [5.74, 6) is 5.35. The molecule has 3 nitrogen and oxygen atoms in total. The molecule has 1 aromatic rings. The van der Waals surface area contributed by atoms with Crippen LogP contribution in [0.5, 0.6) is 0 Å². The molecule has 9 heavy (non-hydrogen) atoms. The second-order valence-electron chi connectivity index (χ2n) is 1.92. The summed E-state index contributed by atoms with van der Waals surface area (Å²) in [5.41, 5.74) is 1.50. The van der Waals surface area contributed by atoms with E-state index in [0.29, 0.717) is 5.69 Å². The second-order valence-corrected chi connectivity index (χ2v) is 1.92. The second kappa shape index (κ2) is 1.82. The monoisotopic (exact) mass is 121 g/mol. The summed E-state index contributed by atoms with van der Waals surface area (Å²) < 4.78 is 1.31. The van der Waals surface area contributed by atoms with E-state index in [9.17, 15) is 0 Å². The van der Waals surface area contributed by atoms with Gasteiger partial charge < -0.3 is 5.84 Å². The molecule has 0 radical (unpaired) electrons. The molecule has 3 heteroatoms. The lowest BCUT2D eigenvalue weighted by molar-refractivity contribution is 0.991. The zero-order valence-electron chi connectivity index (χ0n) is 5.13. The average molecular weight is 121 g/mol. The molecule has 0 fully saturated rings. The highest BCUT2D eigenvalue weighted by molar-refractivity contribution is 5.27. The summed E-state index contributed by atoms with van der Waals surface area (Å²) in [5, 5.41) is 8.38. The van der Waals surface area contributed by atoms with Gasteiger partial charge in [0.1, 0.15) is 11.8 Å². The lowest BCUT2D eigenvalue weighted by atomic mass is 10.3. The molecule has 0 saturated carbocycles. The first kappa shape index (κ1) is 5.70. The molecule has 0 aromatic carbocycles. The molecule has 1 heterocycles. The molecule has 0 aliphatic heterocycles. The van der Waals surface area contributed by atoms with Crippen molar-refractivity contribution in [1.29, 1.82) is 5.26 Å². The van der Waals surface area contributed by atoms with E-state index in [1.54, 1.807) is 12.3 Å². The van der Waals surface area contributed by atoms with Gasteiger partial charge in [-0.25, -0.2) is 0 Å². The zero-order chi connectivity index (χ0) is 6.85. The molecule has 0 aliphatic rings. The highest BCUT2D eigenvalue weighted by Gasteiger charge is 1.95. The number of nitriles is 1. The maximum atomic E-state index is 8.38. The van der Waals surface area contributed by atoms with Crippen molar-refractivity contribution in [3.05, 3.63) is 23.5 Å². The molecule has 1 rings (SSSR count). The third kappa shape index (κ3) is 0.868. The predicted octanol–water partition coefficient (Wildman–Crippen LogP) is 0.382. The van der Waals surface area contributed by atoms with Crippen molar-refractivity contribution in [1.82, 2.24) is 4.68 Å². The fraction of sp³-hybridized carbons (Fsp3) is 0.167. The maximum absolute atomic E-state index is 8.38. The Bertz CT molecular complexity index is 254. The summed E-state index contributed by atoms with van der Waals surface area (Å²) in [6.07, 6.45) is 1.71. The molecule has 0 saturated heterocycles. The Labute approximate surface area is 53.3 Å². The van der Waals surface area contributed by atoms with Crippen molar-refractivity contribution in [2.45, 2.75) is 6.92 Å². The quantitative estimate of drug-likeness (QED) is 0.504. The minimum absolute atomic E-state index is 0.493. The van der Waals surface area contributed by atoms with Gasteiger partial charge in [-0.05, 0) is 18.6 Å². The minimum atomic E-state index is 0.493.